The molecule has 1 N–H and O–H groups in total. The fraction of sp³-hybridized carbons (Fsp3) is 0.370. The van der Waals surface area contributed by atoms with Crippen molar-refractivity contribution in [2.75, 3.05) is 41.3 Å². The predicted octanol–water partition coefficient (Wildman–Crippen LogP) is 6.55. The van der Waals surface area contributed by atoms with Crippen molar-refractivity contribution in [3.8, 4) is 0 Å². The quantitative estimate of drug-likeness (QED) is 0.260. The van der Waals surface area contributed by atoms with Crippen LogP contribution in [0.5, 0.6) is 0 Å². The molecule has 1 fully saturated rings. The van der Waals surface area contributed by atoms with E-state index in [1.54, 1.807) is 11.3 Å². The molecule has 6 nitrogen and oxygen atoms in total. The van der Waals surface area contributed by atoms with Gasteiger partial charge in [-0.15, -0.1) is 11.3 Å². The number of piperidine rings is 1. The van der Waals surface area contributed by atoms with E-state index in [0.29, 0.717) is 5.02 Å². The highest BCUT2D eigenvalue weighted by Gasteiger charge is 2.17. The molecule has 1 aromatic carbocycles. The van der Waals surface area contributed by atoms with E-state index in [-0.39, 0.29) is 0 Å². The lowest BCUT2D eigenvalue weighted by molar-refractivity contribution is 0.567. The van der Waals surface area contributed by atoms with E-state index in [9.17, 15) is 0 Å². The summed E-state index contributed by atoms with van der Waals surface area (Å²) in [5.74, 6) is 1.88. The first-order valence-electron chi connectivity index (χ1n) is 12.3. The van der Waals surface area contributed by atoms with Crippen LogP contribution in [0.2, 0.25) is 5.02 Å². The van der Waals surface area contributed by atoms with Crippen molar-refractivity contribution in [2.24, 2.45) is 0 Å². The zero-order valence-electron chi connectivity index (χ0n) is 20.1. The molecule has 0 unspecified atom stereocenters. The monoisotopic (exact) mass is 506 g/mol. The maximum absolute atomic E-state index is 6.14. The van der Waals surface area contributed by atoms with Crippen LogP contribution in [0, 0.1) is 6.92 Å². The highest BCUT2D eigenvalue weighted by Crippen LogP contribution is 2.25. The number of nitrogens with zero attached hydrogens (tertiary/aromatic N) is 5. The summed E-state index contributed by atoms with van der Waals surface area (Å²) in [6, 6.07) is 14.3. The minimum atomic E-state index is 0.704. The van der Waals surface area contributed by atoms with Crippen molar-refractivity contribution in [2.45, 2.75) is 39.2 Å². The van der Waals surface area contributed by atoms with Crippen LogP contribution in [0.1, 0.15) is 36.3 Å². The normalized spacial score (nSPS) is 13.8. The second-order valence-electron chi connectivity index (χ2n) is 9.02. The van der Waals surface area contributed by atoms with Crippen molar-refractivity contribution in [3.63, 3.8) is 0 Å². The van der Waals surface area contributed by atoms with E-state index in [4.69, 9.17) is 21.6 Å². The smallest absolute Gasteiger partial charge is 0.227 e. The molecule has 5 rings (SSSR count). The van der Waals surface area contributed by atoms with Crippen LogP contribution in [0.4, 0.5) is 17.5 Å². The van der Waals surface area contributed by atoms with Crippen LogP contribution < -0.4 is 15.1 Å². The van der Waals surface area contributed by atoms with Gasteiger partial charge < -0.3 is 15.1 Å². The molecule has 4 aromatic rings. The molecule has 3 aromatic heterocycles. The summed E-state index contributed by atoms with van der Waals surface area (Å²) in [5.41, 5.74) is 3.01. The van der Waals surface area contributed by atoms with Crippen molar-refractivity contribution >= 4 is 51.3 Å². The second-order valence-corrected chi connectivity index (χ2v) is 10.5. The third-order valence-electron chi connectivity index (χ3n) is 6.34. The number of thiophene rings is 1. The fourth-order valence-corrected chi connectivity index (χ4v) is 5.45. The summed E-state index contributed by atoms with van der Waals surface area (Å²) in [4.78, 5) is 20.3. The molecule has 0 radical (unpaired) electrons. The van der Waals surface area contributed by atoms with Gasteiger partial charge in [0.15, 0.2) is 0 Å². The standard InChI is InChI=1S/C27H31ClN6S/c1-20-17-26(32-27(31-20)33-13-3-2-4-14-33)34(19-22-7-5-16-35-22)15-6-11-29-24-10-12-30-25-18-21(28)8-9-23(24)25/h5,7-10,12,16-18H,2-4,6,11,13-15,19H2,1H3,(H,29,30). The number of anilines is 3. The number of hydrogen-bond donors (Lipinski definition) is 1. The summed E-state index contributed by atoms with van der Waals surface area (Å²) >= 11 is 7.93. The zero-order valence-corrected chi connectivity index (χ0v) is 21.7. The summed E-state index contributed by atoms with van der Waals surface area (Å²) < 4.78 is 0. The first kappa shape index (κ1) is 23.8. The molecule has 0 spiro atoms. The summed E-state index contributed by atoms with van der Waals surface area (Å²) in [6.07, 6.45) is 6.54. The Bertz CT molecular complexity index is 1260. The van der Waals surface area contributed by atoms with Gasteiger partial charge in [-0.3, -0.25) is 4.98 Å². The van der Waals surface area contributed by atoms with E-state index in [2.05, 4.69) is 50.6 Å². The van der Waals surface area contributed by atoms with Gasteiger partial charge in [-0.1, -0.05) is 17.7 Å². The first-order chi connectivity index (χ1) is 17.2. The topological polar surface area (TPSA) is 57.2 Å². The molecule has 1 aliphatic heterocycles. The van der Waals surface area contributed by atoms with E-state index in [0.717, 1.165) is 73.2 Å². The first-order valence-corrected chi connectivity index (χ1v) is 13.6. The van der Waals surface area contributed by atoms with Gasteiger partial charge in [-0.25, -0.2) is 4.98 Å². The molecule has 0 amide bonds. The van der Waals surface area contributed by atoms with E-state index >= 15 is 0 Å². The molecule has 8 heteroatoms. The van der Waals surface area contributed by atoms with Crippen molar-refractivity contribution in [3.05, 3.63) is 69.6 Å². The number of pyridine rings is 1. The van der Waals surface area contributed by atoms with Gasteiger partial charge in [-0.2, -0.15) is 4.98 Å². The molecular formula is C27H31ClN6S. The largest absolute Gasteiger partial charge is 0.384 e. The van der Waals surface area contributed by atoms with Gasteiger partial charge in [0.2, 0.25) is 5.95 Å². The van der Waals surface area contributed by atoms with Crippen molar-refractivity contribution in [1.29, 1.82) is 0 Å². The Labute approximate surface area is 216 Å². The molecule has 1 aliphatic rings. The van der Waals surface area contributed by atoms with Crippen molar-refractivity contribution in [1.82, 2.24) is 15.0 Å². The second kappa shape index (κ2) is 11.2. The third-order valence-corrected chi connectivity index (χ3v) is 7.44. The number of fused-ring (bicyclic) bond motifs is 1. The molecule has 1 saturated heterocycles. The Morgan fingerprint density at radius 3 is 2.80 bits per heavy atom. The fourth-order valence-electron chi connectivity index (χ4n) is 4.57. The highest BCUT2D eigenvalue weighted by molar-refractivity contribution is 7.09. The zero-order chi connectivity index (χ0) is 24.0. The van der Waals surface area contributed by atoms with Crippen molar-refractivity contribution < 1.29 is 0 Å². The lowest BCUT2D eigenvalue weighted by Crippen LogP contribution is -2.32. The number of aromatic nitrogens is 3. The maximum Gasteiger partial charge on any atom is 0.227 e. The molecule has 35 heavy (non-hydrogen) atoms. The number of rotatable bonds is 9. The summed E-state index contributed by atoms with van der Waals surface area (Å²) in [6.45, 7) is 6.77. The maximum atomic E-state index is 6.14. The predicted molar refractivity (Wildman–Crippen MR) is 148 cm³/mol. The molecule has 0 saturated carbocycles. The molecule has 182 valence electrons. The molecular weight excluding hydrogens is 476 g/mol. The lowest BCUT2D eigenvalue weighted by Gasteiger charge is -2.29. The van der Waals surface area contributed by atoms with Gasteiger partial charge >= 0.3 is 0 Å². The molecule has 0 aliphatic carbocycles. The highest BCUT2D eigenvalue weighted by atomic mass is 35.5. The van der Waals surface area contributed by atoms with Crippen LogP contribution >= 0.6 is 22.9 Å². The van der Waals surface area contributed by atoms with Gasteiger partial charge in [0.25, 0.3) is 0 Å². The SMILES string of the molecule is Cc1cc(N(CCCNc2ccnc3cc(Cl)ccc23)Cc2cccs2)nc(N2CCCCC2)n1. The van der Waals surface area contributed by atoms with Gasteiger partial charge in [0.1, 0.15) is 5.82 Å². The van der Waals surface area contributed by atoms with E-state index in [1.807, 2.05) is 30.5 Å². The average Bonchev–Trinajstić information content (AvgIpc) is 3.39. The van der Waals surface area contributed by atoms with Gasteiger partial charge in [-0.05, 0) is 68.3 Å². The summed E-state index contributed by atoms with van der Waals surface area (Å²) in [5, 5.41) is 7.53. The van der Waals surface area contributed by atoms with Crippen LogP contribution in [0.15, 0.2) is 54.0 Å². The van der Waals surface area contributed by atoms with Crippen LogP contribution in [0.25, 0.3) is 10.9 Å². The molecule has 4 heterocycles. The Morgan fingerprint density at radius 2 is 1.97 bits per heavy atom. The van der Waals surface area contributed by atoms with Crippen LogP contribution in [-0.4, -0.2) is 41.1 Å². The Hall–Kier alpha value is -2.90. The Kier molecular flexibility index (Phi) is 7.64. The number of halogens is 1. The van der Waals surface area contributed by atoms with Gasteiger partial charge in [0, 0.05) is 65.1 Å². The number of benzene rings is 1. The minimum Gasteiger partial charge on any atom is -0.384 e. The van der Waals surface area contributed by atoms with E-state index in [1.165, 1.54) is 24.1 Å². The van der Waals surface area contributed by atoms with E-state index < -0.39 is 0 Å². The third kappa shape index (κ3) is 6.03. The number of nitrogens with one attached hydrogen (secondary N) is 1. The van der Waals surface area contributed by atoms with Crippen LogP contribution in [0.3, 0.4) is 0 Å². The Morgan fingerprint density at radius 1 is 1.09 bits per heavy atom. The Balaban J connectivity index is 1.30. The number of hydrogen-bond acceptors (Lipinski definition) is 7. The lowest BCUT2D eigenvalue weighted by atomic mass is 10.1. The molecule has 0 atom stereocenters. The molecule has 0 bridgehead atoms. The number of aryl methyl sites for hydroxylation is 1. The summed E-state index contributed by atoms with van der Waals surface area (Å²) in [7, 11) is 0. The van der Waals surface area contributed by atoms with Crippen LogP contribution in [-0.2, 0) is 6.54 Å². The average molecular weight is 507 g/mol. The van der Waals surface area contributed by atoms with Gasteiger partial charge in [0.05, 0.1) is 12.1 Å². The minimum absolute atomic E-state index is 0.704.